The molecule has 1 saturated heterocycles. The minimum Gasteiger partial charge on any atom is -0.394 e. The number of aromatic amines is 1. The van der Waals surface area contributed by atoms with E-state index in [0.717, 1.165) is 41.4 Å². The van der Waals surface area contributed by atoms with Crippen molar-refractivity contribution < 1.29 is 28.2 Å². The molecule has 5 rings (SSSR count). The summed E-state index contributed by atoms with van der Waals surface area (Å²) in [7, 11) is -4.07. The van der Waals surface area contributed by atoms with Crippen molar-refractivity contribution in [3.8, 4) is 0 Å². The number of β-amino-alcohol motifs (C(OH)–C–C–N with tert-alkyl or cyclic N) is 1. The summed E-state index contributed by atoms with van der Waals surface area (Å²) in [6.07, 6.45) is 3.38. The summed E-state index contributed by atoms with van der Waals surface area (Å²) in [5, 5.41) is 29.2. The first-order chi connectivity index (χ1) is 20.8. The zero-order valence-electron chi connectivity index (χ0n) is 25.6. The predicted molar refractivity (Wildman–Crippen MR) is 170 cm³/mol. The van der Waals surface area contributed by atoms with Crippen LogP contribution in [0.15, 0.2) is 54.7 Å². The van der Waals surface area contributed by atoms with E-state index in [-0.39, 0.29) is 25.9 Å². The van der Waals surface area contributed by atoms with Crippen LogP contribution >= 0.6 is 0 Å². The third kappa shape index (κ3) is 6.07. The highest BCUT2D eigenvalue weighted by molar-refractivity contribution is 7.90. The molecule has 0 radical (unpaired) electrons. The number of aliphatic hydroxyl groups excluding tert-OH is 2. The highest BCUT2D eigenvalue weighted by atomic mass is 32.2. The van der Waals surface area contributed by atoms with Gasteiger partial charge < -0.3 is 31.1 Å². The Morgan fingerprint density at radius 2 is 1.77 bits per heavy atom. The molecule has 0 saturated carbocycles. The van der Waals surface area contributed by atoms with E-state index in [4.69, 9.17) is 0 Å². The molecule has 1 aromatic heterocycles. The second-order valence-corrected chi connectivity index (χ2v) is 15.1. The zero-order chi connectivity index (χ0) is 31.8. The van der Waals surface area contributed by atoms with E-state index in [2.05, 4.69) is 20.9 Å². The first-order valence-electron chi connectivity index (χ1n) is 15.1. The number of nitrogens with one attached hydrogen (secondary N) is 4. The van der Waals surface area contributed by atoms with Gasteiger partial charge in [0.1, 0.15) is 6.54 Å². The van der Waals surface area contributed by atoms with Crippen LogP contribution in [-0.2, 0) is 31.4 Å². The van der Waals surface area contributed by atoms with Crippen LogP contribution in [0.25, 0.3) is 10.9 Å². The number of aromatic nitrogens is 1. The lowest BCUT2D eigenvalue weighted by molar-refractivity contribution is -0.133. The van der Waals surface area contributed by atoms with E-state index in [0.29, 0.717) is 18.5 Å². The zero-order valence-corrected chi connectivity index (χ0v) is 26.4. The van der Waals surface area contributed by atoms with Crippen LogP contribution < -0.4 is 19.8 Å². The first-order valence-corrected chi connectivity index (χ1v) is 17.0. The molecule has 3 aromatic rings. The molecule has 3 heterocycles. The van der Waals surface area contributed by atoms with Crippen LogP contribution in [0.4, 0.5) is 5.69 Å². The molecule has 0 bridgehead atoms. The van der Waals surface area contributed by atoms with E-state index < -0.39 is 55.4 Å². The molecule has 1 unspecified atom stereocenters. The summed E-state index contributed by atoms with van der Waals surface area (Å²) in [5.74, 6) is -1.02. The number of hydrogen-bond acceptors (Lipinski definition) is 8. The van der Waals surface area contributed by atoms with Gasteiger partial charge in [0.2, 0.25) is 5.91 Å². The summed E-state index contributed by atoms with van der Waals surface area (Å²) >= 11 is 0. The fourth-order valence-electron chi connectivity index (χ4n) is 6.96. The van der Waals surface area contributed by atoms with Gasteiger partial charge in [-0.2, -0.15) is 8.42 Å². The van der Waals surface area contributed by atoms with Gasteiger partial charge in [0, 0.05) is 53.7 Å². The second kappa shape index (κ2) is 12.3. The Balaban J connectivity index is 1.55. The molecule has 2 aliphatic rings. The Labute approximate surface area is 258 Å². The molecule has 1 spiro atoms. The van der Waals surface area contributed by atoms with Crippen molar-refractivity contribution in [3.05, 3.63) is 65.9 Å². The molecule has 0 aliphatic carbocycles. The van der Waals surface area contributed by atoms with E-state index in [1.165, 1.54) is 0 Å². The van der Waals surface area contributed by atoms with E-state index >= 15 is 0 Å². The number of rotatable bonds is 11. The molecule has 2 amide bonds. The molecule has 2 aromatic carbocycles. The van der Waals surface area contributed by atoms with Crippen molar-refractivity contribution in [3.63, 3.8) is 0 Å². The third-order valence-electron chi connectivity index (χ3n) is 9.23. The van der Waals surface area contributed by atoms with Crippen molar-refractivity contribution in [2.45, 2.75) is 62.6 Å². The Morgan fingerprint density at radius 1 is 1.09 bits per heavy atom. The van der Waals surface area contributed by atoms with Gasteiger partial charge in [0.15, 0.2) is 11.7 Å². The summed E-state index contributed by atoms with van der Waals surface area (Å²) < 4.78 is 27.1. The summed E-state index contributed by atoms with van der Waals surface area (Å²) in [6.45, 7) is 4.75. The molecule has 44 heavy (non-hydrogen) atoms. The number of nitrogens with zero attached hydrogens (tertiary/aromatic N) is 1. The first kappa shape index (κ1) is 32.3. The predicted octanol–water partition coefficient (Wildman–Crippen LogP) is 1.44. The fraction of sp³-hybridized carbons (Fsp3) is 0.500. The Hall–Kier alpha value is -3.13. The van der Waals surface area contributed by atoms with Crippen LogP contribution in [0.2, 0.25) is 0 Å². The van der Waals surface area contributed by atoms with E-state index in [1.807, 2.05) is 36.4 Å². The molecular weight excluding hydrogens is 582 g/mol. The van der Waals surface area contributed by atoms with Crippen LogP contribution in [0.1, 0.15) is 44.2 Å². The number of carbonyl (C=O) groups is 2. The monoisotopic (exact) mass is 626 g/mol. The fourth-order valence-corrected chi connectivity index (χ4v) is 8.41. The lowest BCUT2D eigenvalue weighted by Crippen LogP contribution is -2.66. The van der Waals surface area contributed by atoms with Crippen molar-refractivity contribution in [2.75, 3.05) is 39.0 Å². The second-order valence-electron chi connectivity index (χ2n) is 13.0. The minimum absolute atomic E-state index is 0.0477. The number of quaternary nitrogens is 1. The molecular formula is C32H44N5O6S+. The number of amides is 2. The number of piperidine rings is 1. The summed E-state index contributed by atoms with van der Waals surface area (Å²) in [5.41, 5.74) is 1.73. The van der Waals surface area contributed by atoms with Crippen molar-refractivity contribution in [1.82, 2.24) is 24.8 Å². The van der Waals surface area contributed by atoms with Crippen molar-refractivity contribution >= 4 is 38.4 Å². The molecule has 2 aliphatic heterocycles. The van der Waals surface area contributed by atoms with Crippen LogP contribution in [0.3, 0.4) is 0 Å². The van der Waals surface area contributed by atoms with Crippen molar-refractivity contribution in [1.29, 1.82) is 0 Å². The number of fused-ring (bicyclic) bond motifs is 3. The van der Waals surface area contributed by atoms with Gasteiger partial charge in [0.05, 0.1) is 24.4 Å². The molecule has 6 N–H and O–H groups in total. The van der Waals surface area contributed by atoms with Gasteiger partial charge in [0.25, 0.3) is 0 Å². The molecule has 11 nitrogen and oxygen atoms in total. The summed E-state index contributed by atoms with van der Waals surface area (Å²) in [4.78, 5) is 31.8. The number of para-hydroxylation sites is 2. The highest BCUT2D eigenvalue weighted by Gasteiger charge is 2.63. The quantitative estimate of drug-likeness (QED) is 0.174. The highest BCUT2D eigenvalue weighted by Crippen LogP contribution is 2.51. The number of aliphatic hydroxyl groups is 2. The van der Waals surface area contributed by atoms with Gasteiger partial charge in [-0.25, -0.2) is 4.79 Å². The SMILES string of the molecule is CC(C)(CC(=O)N[C@H](Cc1c[nH]c2ccccc12)C(=O)[N+]1(S(C)(=O)=O)CC2(CCNCC2)c2ccccc21)NC[C@@H](O)CO. The van der Waals surface area contributed by atoms with Gasteiger partial charge in [-0.1, -0.05) is 36.4 Å². The average molecular weight is 627 g/mol. The van der Waals surface area contributed by atoms with Gasteiger partial charge in [-0.15, -0.1) is 3.89 Å². The maximum Gasteiger partial charge on any atom is 0.356 e. The maximum atomic E-state index is 15.0. The van der Waals surface area contributed by atoms with Gasteiger partial charge >= 0.3 is 15.9 Å². The Bertz CT molecular complexity index is 1630. The molecule has 3 atom stereocenters. The molecule has 1 fully saturated rings. The van der Waals surface area contributed by atoms with E-state index in [1.54, 1.807) is 32.2 Å². The lowest BCUT2D eigenvalue weighted by Gasteiger charge is -2.37. The van der Waals surface area contributed by atoms with Crippen LogP contribution in [0, 0.1) is 0 Å². The number of hydrogen-bond donors (Lipinski definition) is 6. The smallest absolute Gasteiger partial charge is 0.356 e. The average Bonchev–Trinajstić information content (AvgIpc) is 3.53. The number of H-pyrrole nitrogens is 1. The Kier molecular flexibility index (Phi) is 9.05. The maximum absolute atomic E-state index is 15.0. The number of sulfonamides is 1. The third-order valence-corrected chi connectivity index (χ3v) is 10.9. The van der Waals surface area contributed by atoms with Crippen LogP contribution in [-0.4, -0.2) is 92.2 Å². The minimum atomic E-state index is -4.07. The topological polar surface area (TPSA) is 161 Å². The lowest BCUT2D eigenvalue weighted by atomic mass is 9.75. The molecule has 238 valence electrons. The number of benzene rings is 2. The normalized spacial score (nSPS) is 21.2. The van der Waals surface area contributed by atoms with Crippen LogP contribution in [0.5, 0.6) is 0 Å². The number of carbonyl (C=O) groups excluding carboxylic acids is 2. The standard InChI is InChI=1S/C32H43N5O6S/c1-31(2,35-19-23(39)20-38)17-29(40)36-27(16-22-18-34-26-10-6-4-8-24(22)26)30(41)37(44(3,42)43)21-32(12-14-33-15-13-32)25-9-5-7-11-28(25)37/h4-11,18,23,27,33-35,38-39H,12-17,19-21H2,1-3H3/p+1/t23-,27-,37?/m1/s1. The van der Waals surface area contributed by atoms with Gasteiger partial charge in [-0.3, -0.25) is 4.79 Å². The van der Waals surface area contributed by atoms with Gasteiger partial charge in [-0.05, 0) is 51.4 Å². The Morgan fingerprint density at radius 3 is 2.48 bits per heavy atom. The summed E-state index contributed by atoms with van der Waals surface area (Å²) in [6, 6.07) is 13.9. The van der Waals surface area contributed by atoms with E-state index in [9.17, 15) is 28.2 Å². The molecule has 12 heteroatoms. The largest absolute Gasteiger partial charge is 0.394 e. The van der Waals surface area contributed by atoms with Crippen molar-refractivity contribution in [2.24, 2.45) is 0 Å².